The van der Waals surface area contributed by atoms with Gasteiger partial charge in [0.25, 0.3) is 0 Å². The lowest BCUT2D eigenvalue weighted by atomic mass is 10.1. The third-order valence-corrected chi connectivity index (χ3v) is 8.32. The second kappa shape index (κ2) is 31.1. The van der Waals surface area contributed by atoms with Crippen molar-refractivity contribution in [3.8, 4) is 0 Å². The van der Waals surface area contributed by atoms with Gasteiger partial charge in [0.1, 0.15) is 12.6 Å². The number of likely N-dealkylation sites (N-methyl/N-ethyl adjacent to an activating group) is 1. The Morgan fingerprint density at radius 1 is 0.617 bits per heavy atom. The summed E-state index contributed by atoms with van der Waals surface area (Å²) in [4.78, 5) is 36.4. The molecule has 0 aromatic carbocycles. The summed E-state index contributed by atoms with van der Waals surface area (Å²) in [6.45, 7) is 4.53. The van der Waals surface area contributed by atoms with Crippen LogP contribution in [-0.2, 0) is 28.6 Å². The second-order valence-electron chi connectivity index (χ2n) is 13.8. The van der Waals surface area contributed by atoms with Crippen LogP contribution in [0.15, 0.2) is 24.3 Å². The largest absolute Gasteiger partial charge is 0.544 e. The molecule has 0 N–H and O–H groups in total. The van der Waals surface area contributed by atoms with Crippen LogP contribution in [0.4, 0.5) is 0 Å². The summed E-state index contributed by atoms with van der Waals surface area (Å²) in [5, 5.41) is 11.5. The lowest BCUT2D eigenvalue weighted by Gasteiger charge is -2.34. The average molecular weight is 666 g/mol. The van der Waals surface area contributed by atoms with Gasteiger partial charge in [0.05, 0.1) is 40.3 Å². The van der Waals surface area contributed by atoms with Gasteiger partial charge in [-0.25, -0.2) is 0 Å². The molecule has 0 heterocycles. The van der Waals surface area contributed by atoms with Gasteiger partial charge >= 0.3 is 11.9 Å². The maximum atomic E-state index is 12.6. The standard InChI is InChI=1S/C39H71NO7/c1-6-8-10-12-14-15-16-17-18-19-20-21-22-24-26-28-30-38(42)47-35(33-45-32-31-36(39(43)44)40(3,4)5)34-46-37(41)29-27-25-23-13-11-9-7-2/h18-19,23,25,35-36H,6-17,20-22,24,26-34H2,1-5H3/b19-18+,25-23+. The van der Waals surface area contributed by atoms with E-state index in [-0.39, 0.29) is 49.1 Å². The number of carboxylic acid groups (broad SMARTS) is 1. The van der Waals surface area contributed by atoms with Crippen LogP contribution in [0.25, 0.3) is 0 Å². The Morgan fingerprint density at radius 3 is 1.66 bits per heavy atom. The maximum absolute atomic E-state index is 12.6. The zero-order chi connectivity index (χ0) is 35.0. The van der Waals surface area contributed by atoms with E-state index in [1.54, 1.807) is 21.1 Å². The molecule has 8 nitrogen and oxygen atoms in total. The Kier molecular flexibility index (Phi) is 29.7. The average Bonchev–Trinajstić information content (AvgIpc) is 3.01. The predicted octanol–water partition coefficient (Wildman–Crippen LogP) is 8.02. The number of carbonyl (C=O) groups excluding carboxylic acids is 3. The summed E-state index contributed by atoms with van der Waals surface area (Å²) < 4.78 is 17.0. The molecule has 0 radical (unpaired) electrons. The molecule has 274 valence electrons. The highest BCUT2D eigenvalue weighted by molar-refractivity contribution is 5.70. The van der Waals surface area contributed by atoms with E-state index in [4.69, 9.17) is 14.2 Å². The number of carboxylic acids is 1. The smallest absolute Gasteiger partial charge is 0.306 e. The summed E-state index contributed by atoms with van der Waals surface area (Å²) in [7, 11) is 5.38. The Balaban J connectivity index is 4.39. The minimum atomic E-state index is -1.13. The molecule has 0 aromatic heterocycles. The van der Waals surface area contributed by atoms with Gasteiger partial charge in [-0.2, -0.15) is 0 Å². The van der Waals surface area contributed by atoms with E-state index >= 15 is 0 Å². The van der Waals surface area contributed by atoms with Crippen LogP contribution in [0.3, 0.4) is 0 Å². The van der Waals surface area contributed by atoms with E-state index in [9.17, 15) is 19.5 Å². The van der Waals surface area contributed by atoms with E-state index in [1.165, 1.54) is 70.6 Å². The van der Waals surface area contributed by atoms with Gasteiger partial charge in [-0.1, -0.05) is 109 Å². The van der Waals surface area contributed by atoms with Crippen molar-refractivity contribution in [3.63, 3.8) is 0 Å². The van der Waals surface area contributed by atoms with Crippen molar-refractivity contribution in [2.75, 3.05) is 41.0 Å². The lowest BCUT2D eigenvalue weighted by Crippen LogP contribution is -2.55. The van der Waals surface area contributed by atoms with Crippen molar-refractivity contribution in [1.82, 2.24) is 0 Å². The molecule has 0 aliphatic carbocycles. The van der Waals surface area contributed by atoms with Crippen molar-refractivity contribution in [2.24, 2.45) is 0 Å². The molecule has 0 aliphatic heterocycles. The monoisotopic (exact) mass is 666 g/mol. The van der Waals surface area contributed by atoms with Crippen LogP contribution < -0.4 is 5.11 Å². The molecule has 0 fully saturated rings. The number of hydrogen-bond donors (Lipinski definition) is 0. The number of aliphatic carboxylic acids is 1. The third kappa shape index (κ3) is 29.7. The predicted molar refractivity (Wildman–Crippen MR) is 190 cm³/mol. The van der Waals surface area contributed by atoms with Gasteiger partial charge in [0.15, 0.2) is 6.10 Å². The van der Waals surface area contributed by atoms with Crippen molar-refractivity contribution in [2.45, 2.75) is 167 Å². The summed E-state index contributed by atoms with van der Waals surface area (Å²) >= 11 is 0. The number of esters is 2. The van der Waals surface area contributed by atoms with Gasteiger partial charge in [-0.3, -0.25) is 9.59 Å². The van der Waals surface area contributed by atoms with E-state index in [0.717, 1.165) is 44.9 Å². The van der Waals surface area contributed by atoms with E-state index in [2.05, 4.69) is 32.1 Å². The van der Waals surface area contributed by atoms with Crippen molar-refractivity contribution in [3.05, 3.63) is 24.3 Å². The molecule has 2 atom stereocenters. The summed E-state index contributed by atoms with van der Waals surface area (Å²) in [5.74, 6) is -1.82. The Hall–Kier alpha value is -2.19. The van der Waals surface area contributed by atoms with Gasteiger partial charge in [0, 0.05) is 19.3 Å². The van der Waals surface area contributed by atoms with Crippen LogP contribution in [-0.4, -0.2) is 75.5 Å². The summed E-state index contributed by atoms with van der Waals surface area (Å²) in [5.41, 5.74) is 0. The third-order valence-electron chi connectivity index (χ3n) is 8.32. The first-order chi connectivity index (χ1) is 22.6. The lowest BCUT2D eigenvalue weighted by molar-refractivity contribution is -0.889. The summed E-state index contributed by atoms with van der Waals surface area (Å²) in [6.07, 6.45) is 30.9. The fourth-order valence-electron chi connectivity index (χ4n) is 5.32. The molecular weight excluding hydrogens is 594 g/mol. The number of rotatable bonds is 33. The number of ether oxygens (including phenoxy) is 3. The molecule has 0 saturated carbocycles. The molecule has 47 heavy (non-hydrogen) atoms. The second-order valence-corrected chi connectivity index (χ2v) is 13.8. The highest BCUT2D eigenvalue weighted by Gasteiger charge is 2.25. The number of quaternary nitrogens is 1. The van der Waals surface area contributed by atoms with E-state index in [1.807, 2.05) is 6.08 Å². The first-order valence-corrected chi connectivity index (χ1v) is 18.9. The normalized spacial score (nSPS) is 13.3. The molecule has 0 saturated heterocycles. The van der Waals surface area contributed by atoms with Gasteiger partial charge < -0.3 is 28.6 Å². The molecule has 0 aromatic rings. The Labute approximate surface area is 288 Å². The Bertz CT molecular complexity index is 834. The number of carbonyl (C=O) groups is 3. The highest BCUT2D eigenvalue weighted by Crippen LogP contribution is 2.12. The molecule has 8 heteroatoms. The fourth-order valence-corrected chi connectivity index (χ4v) is 5.32. The van der Waals surface area contributed by atoms with E-state index < -0.39 is 18.1 Å². The number of allylic oxidation sites excluding steroid dienone is 4. The van der Waals surface area contributed by atoms with Gasteiger partial charge in [-0.15, -0.1) is 0 Å². The van der Waals surface area contributed by atoms with Crippen molar-refractivity contribution in [1.29, 1.82) is 0 Å². The van der Waals surface area contributed by atoms with Crippen LogP contribution in [0.2, 0.25) is 0 Å². The van der Waals surface area contributed by atoms with Crippen molar-refractivity contribution < 1.29 is 38.2 Å². The molecule has 0 aliphatic rings. The van der Waals surface area contributed by atoms with E-state index in [0.29, 0.717) is 12.8 Å². The molecule has 2 unspecified atom stereocenters. The number of unbranched alkanes of at least 4 members (excludes halogenated alkanes) is 15. The minimum absolute atomic E-state index is 0.0275. The molecular formula is C39H71NO7. The molecule has 0 amide bonds. The van der Waals surface area contributed by atoms with Gasteiger partial charge in [-0.05, 0) is 51.4 Å². The number of nitrogens with zero attached hydrogens (tertiary/aromatic N) is 1. The first-order valence-electron chi connectivity index (χ1n) is 18.9. The molecule has 0 bridgehead atoms. The zero-order valence-electron chi connectivity index (χ0n) is 30.9. The molecule has 0 rings (SSSR count). The number of hydrogen-bond acceptors (Lipinski definition) is 7. The van der Waals surface area contributed by atoms with Crippen LogP contribution in [0.5, 0.6) is 0 Å². The zero-order valence-corrected chi connectivity index (χ0v) is 30.9. The van der Waals surface area contributed by atoms with Crippen LogP contribution in [0.1, 0.15) is 155 Å². The first kappa shape index (κ1) is 44.8. The highest BCUT2D eigenvalue weighted by atomic mass is 16.6. The van der Waals surface area contributed by atoms with Crippen LogP contribution >= 0.6 is 0 Å². The Morgan fingerprint density at radius 2 is 1.11 bits per heavy atom. The molecule has 0 spiro atoms. The van der Waals surface area contributed by atoms with Crippen LogP contribution in [0, 0.1) is 0 Å². The maximum Gasteiger partial charge on any atom is 0.306 e. The van der Waals surface area contributed by atoms with Gasteiger partial charge in [0.2, 0.25) is 0 Å². The van der Waals surface area contributed by atoms with Crippen molar-refractivity contribution >= 4 is 17.9 Å². The summed E-state index contributed by atoms with van der Waals surface area (Å²) in [6, 6.07) is -0.727. The SMILES string of the molecule is CCCCC/C=C/CCC(=O)OCC(COCCC(C(=O)[O-])[N+](C)(C)C)OC(=O)CCCCCCC/C=C/CCCCCCCCC. The topological polar surface area (TPSA) is 102 Å². The quantitative estimate of drug-likeness (QED) is 0.0303. The minimum Gasteiger partial charge on any atom is -0.544 e. The fraction of sp³-hybridized carbons (Fsp3) is 0.821.